The highest BCUT2D eigenvalue weighted by Gasteiger charge is 2.42. The van der Waals surface area contributed by atoms with Crippen LogP contribution in [0.15, 0.2) is 0 Å². The number of nitrogens with one attached hydrogen (secondary N) is 1. The Morgan fingerprint density at radius 2 is 2.06 bits per heavy atom. The van der Waals surface area contributed by atoms with E-state index in [0.717, 1.165) is 32.4 Å². The Kier molecular flexibility index (Phi) is 3.34. The van der Waals surface area contributed by atoms with E-state index in [1.807, 2.05) is 4.90 Å². The van der Waals surface area contributed by atoms with Crippen LogP contribution in [0.3, 0.4) is 0 Å². The van der Waals surface area contributed by atoms with Gasteiger partial charge in [0.05, 0.1) is 6.10 Å². The lowest BCUT2D eigenvalue weighted by atomic mass is 9.68. The van der Waals surface area contributed by atoms with Gasteiger partial charge in [-0.05, 0) is 30.6 Å². The predicted octanol–water partition coefficient (Wildman–Crippen LogP) is 1.59. The highest BCUT2D eigenvalue weighted by Crippen LogP contribution is 2.40. The van der Waals surface area contributed by atoms with Crippen LogP contribution in [0.5, 0.6) is 0 Å². The summed E-state index contributed by atoms with van der Waals surface area (Å²) in [5, 5.41) is 12.7. The monoisotopic (exact) mass is 240 g/mol. The van der Waals surface area contributed by atoms with Gasteiger partial charge in [-0.3, -0.25) is 0 Å². The average molecular weight is 240 g/mol. The van der Waals surface area contributed by atoms with Crippen LogP contribution in [-0.4, -0.2) is 41.3 Å². The van der Waals surface area contributed by atoms with Crippen molar-refractivity contribution in [3.8, 4) is 0 Å². The normalized spacial score (nSPS) is 34.9. The van der Waals surface area contributed by atoms with Gasteiger partial charge in [-0.15, -0.1) is 0 Å². The Balaban J connectivity index is 2.16. The molecular weight excluding hydrogens is 216 g/mol. The van der Waals surface area contributed by atoms with Gasteiger partial charge in [0.2, 0.25) is 0 Å². The van der Waals surface area contributed by atoms with Crippen molar-refractivity contribution in [1.29, 1.82) is 0 Å². The van der Waals surface area contributed by atoms with E-state index < -0.39 is 0 Å². The summed E-state index contributed by atoms with van der Waals surface area (Å²) in [7, 11) is 0. The van der Waals surface area contributed by atoms with Gasteiger partial charge in [0, 0.05) is 19.1 Å². The molecule has 1 heterocycles. The first-order valence-corrected chi connectivity index (χ1v) is 6.62. The zero-order valence-electron chi connectivity index (χ0n) is 11.1. The first-order valence-electron chi connectivity index (χ1n) is 6.62. The lowest BCUT2D eigenvalue weighted by molar-refractivity contribution is 0.00942. The number of hydrogen-bond donors (Lipinski definition) is 2. The van der Waals surface area contributed by atoms with E-state index in [0.29, 0.717) is 5.92 Å². The quantitative estimate of drug-likeness (QED) is 0.731. The second-order valence-corrected chi connectivity index (χ2v) is 6.43. The van der Waals surface area contributed by atoms with Gasteiger partial charge in [-0.2, -0.15) is 0 Å². The lowest BCUT2D eigenvalue weighted by Gasteiger charge is -2.45. The largest absolute Gasteiger partial charge is 0.393 e. The molecule has 0 aromatic heterocycles. The fourth-order valence-corrected chi connectivity index (χ4v) is 3.28. The van der Waals surface area contributed by atoms with Gasteiger partial charge >= 0.3 is 6.03 Å². The van der Waals surface area contributed by atoms with Crippen molar-refractivity contribution in [3.63, 3.8) is 0 Å². The molecule has 0 spiro atoms. The molecule has 4 nitrogen and oxygen atoms in total. The predicted molar refractivity (Wildman–Crippen MR) is 66.7 cm³/mol. The van der Waals surface area contributed by atoms with Crippen LogP contribution >= 0.6 is 0 Å². The number of hydrogen-bond acceptors (Lipinski definition) is 2. The van der Waals surface area contributed by atoms with E-state index in [9.17, 15) is 9.90 Å². The van der Waals surface area contributed by atoms with Crippen molar-refractivity contribution in [2.75, 3.05) is 13.1 Å². The third-order valence-corrected chi connectivity index (χ3v) is 4.19. The van der Waals surface area contributed by atoms with Gasteiger partial charge in [0.25, 0.3) is 0 Å². The fraction of sp³-hybridized carbons (Fsp3) is 0.923. The standard InChI is InChI=1S/C13H24N2O2/c1-13(2,3)10-5-4-9(16)8-11(10)15-7-6-14-12(15)17/h9-11,16H,4-8H2,1-3H3,(H,14,17). The molecule has 1 aliphatic carbocycles. The number of aliphatic hydroxyl groups excluding tert-OH is 1. The first kappa shape index (κ1) is 12.7. The van der Waals surface area contributed by atoms with Crippen molar-refractivity contribution >= 4 is 6.03 Å². The van der Waals surface area contributed by atoms with Crippen molar-refractivity contribution in [1.82, 2.24) is 10.2 Å². The first-order chi connectivity index (χ1) is 7.89. The summed E-state index contributed by atoms with van der Waals surface area (Å²) in [6, 6.07) is 0.236. The van der Waals surface area contributed by atoms with Crippen molar-refractivity contribution in [3.05, 3.63) is 0 Å². The van der Waals surface area contributed by atoms with Crippen LogP contribution in [0.1, 0.15) is 40.0 Å². The minimum Gasteiger partial charge on any atom is -0.393 e. The maximum absolute atomic E-state index is 11.8. The second kappa shape index (κ2) is 4.48. The summed E-state index contributed by atoms with van der Waals surface area (Å²) < 4.78 is 0. The maximum Gasteiger partial charge on any atom is 0.317 e. The third kappa shape index (κ3) is 2.57. The van der Waals surface area contributed by atoms with Crippen LogP contribution in [0.25, 0.3) is 0 Å². The van der Waals surface area contributed by atoms with Crippen molar-refractivity contribution in [2.45, 2.75) is 52.2 Å². The van der Waals surface area contributed by atoms with Gasteiger partial charge < -0.3 is 15.3 Å². The molecule has 2 aliphatic rings. The number of carbonyl (C=O) groups excluding carboxylic acids is 1. The topological polar surface area (TPSA) is 52.6 Å². The smallest absolute Gasteiger partial charge is 0.317 e. The Bertz CT molecular complexity index is 298. The third-order valence-electron chi connectivity index (χ3n) is 4.19. The number of rotatable bonds is 1. The van der Waals surface area contributed by atoms with E-state index in [1.165, 1.54) is 0 Å². The maximum atomic E-state index is 11.8. The number of urea groups is 1. The number of nitrogens with zero attached hydrogens (tertiary/aromatic N) is 1. The molecule has 2 rings (SSSR count). The van der Waals surface area contributed by atoms with E-state index in [1.54, 1.807) is 0 Å². The van der Waals surface area contributed by atoms with E-state index in [4.69, 9.17) is 0 Å². The molecule has 2 amide bonds. The second-order valence-electron chi connectivity index (χ2n) is 6.43. The molecule has 0 radical (unpaired) electrons. The molecule has 1 saturated heterocycles. The summed E-state index contributed by atoms with van der Waals surface area (Å²) in [6.45, 7) is 8.22. The molecule has 1 aliphatic heterocycles. The highest BCUT2D eigenvalue weighted by molar-refractivity contribution is 5.76. The Morgan fingerprint density at radius 1 is 1.35 bits per heavy atom. The lowest BCUT2D eigenvalue weighted by Crippen LogP contribution is -2.50. The SMILES string of the molecule is CC(C)(C)C1CCC(O)CC1N1CCNC1=O. The zero-order chi connectivity index (χ0) is 12.6. The van der Waals surface area contributed by atoms with E-state index in [-0.39, 0.29) is 23.6 Å². The molecule has 0 aromatic carbocycles. The Hall–Kier alpha value is -0.770. The molecule has 4 heteroatoms. The molecule has 98 valence electrons. The number of aliphatic hydroxyl groups is 1. The van der Waals surface area contributed by atoms with Gasteiger partial charge in [-0.25, -0.2) is 4.79 Å². The summed E-state index contributed by atoms with van der Waals surface area (Å²) in [4.78, 5) is 13.7. The summed E-state index contributed by atoms with van der Waals surface area (Å²) in [5.41, 5.74) is 0.188. The molecule has 17 heavy (non-hydrogen) atoms. The van der Waals surface area contributed by atoms with E-state index in [2.05, 4.69) is 26.1 Å². The molecular formula is C13H24N2O2. The van der Waals surface area contributed by atoms with Crippen LogP contribution in [-0.2, 0) is 0 Å². The van der Waals surface area contributed by atoms with Gasteiger partial charge in [0.1, 0.15) is 0 Å². The summed E-state index contributed by atoms with van der Waals surface area (Å²) >= 11 is 0. The minimum atomic E-state index is -0.244. The molecule has 0 aromatic rings. The zero-order valence-corrected chi connectivity index (χ0v) is 11.1. The number of carbonyl (C=O) groups is 1. The minimum absolute atomic E-state index is 0.0401. The Labute approximate surface area is 103 Å². The Morgan fingerprint density at radius 3 is 2.59 bits per heavy atom. The van der Waals surface area contributed by atoms with Crippen molar-refractivity contribution in [2.24, 2.45) is 11.3 Å². The summed E-state index contributed by atoms with van der Waals surface area (Å²) in [6.07, 6.45) is 2.37. The highest BCUT2D eigenvalue weighted by atomic mass is 16.3. The van der Waals surface area contributed by atoms with Crippen LogP contribution in [0, 0.1) is 11.3 Å². The van der Waals surface area contributed by atoms with Gasteiger partial charge in [-0.1, -0.05) is 20.8 Å². The molecule has 2 N–H and O–H groups in total. The molecule has 0 bridgehead atoms. The van der Waals surface area contributed by atoms with E-state index >= 15 is 0 Å². The average Bonchev–Trinajstić information content (AvgIpc) is 2.62. The van der Waals surface area contributed by atoms with Crippen molar-refractivity contribution < 1.29 is 9.90 Å². The molecule has 3 atom stereocenters. The fourth-order valence-electron chi connectivity index (χ4n) is 3.28. The molecule has 1 saturated carbocycles. The summed E-state index contributed by atoms with van der Waals surface area (Å²) in [5.74, 6) is 0.481. The van der Waals surface area contributed by atoms with Crippen LogP contribution in [0.4, 0.5) is 4.79 Å². The molecule has 3 unspecified atom stereocenters. The van der Waals surface area contributed by atoms with Crippen LogP contribution in [0.2, 0.25) is 0 Å². The van der Waals surface area contributed by atoms with Crippen LogP contribution < -0.4 is 5.32 Å². The molecule has 2 fully saturated rings. The van der Waals surface area contributed by atoms with Gasteiger partial charge in [0.15, 0.2) is 0 Å². The number of amides is 2.